The van der Waals surface area contributed by atoms with Crippen molar-refractivity contribution in [1.82, 2.24) is 19.3 Å². The molecule has 0 aromatic carbocycles. The van der Waals surface area contributed by atoms with E-state index in [1.54, 1.807) is 0 Å². The van der Waals surface area contributed by atoms with Crippen molar-refractivity contribution in [2.45, 2.75) is 58.9 Å². The fourth-order valence-corrected chi connectivity index (χ4v) is 2.59. The van der Waals surface area contributed by atoms with Gasteiger partial charge in [-0.05, 0) is 0 Å². The van der Waals surface area contributed by atoms with Gasteiger partial charge in [0, 0.05) is 35.3 Å². The summed E-state index contributed by atoms with van der Waals surface area (Å²) in [7, 11) is 1.95. The summed E-state index contributed by atoms with van der Waals surface area (Å²) in [4.78, 5) is 4.69. The predicted octanol–water partition coefficient (Wildman–Crippen LogP) is 3.26. The van der Waals surface area contributed by atoms with Gasteiger partial charge in [-0.2, -0.15) is 5.10 Å². The van der Waals surface area contributed by atoms with E-state index in [-0.39, 0.29) is 10.8 Å². The summed E-state index contributed by atoms with van der Waals surface area (Å²) in [6.07, 6.45) is 5.95. The smallest absolute Gasteiger partial charge is 0.0955 e. The lowest BCUT2D eigenvalue weighted by Gasteiger charge is -2.27. The Kier molecular flexibility index (Phi) is 3.53. The minimum Gasteiger partial charge on any atom is -0.329 e. The third-order valence-corrected chi connectivity index (χ3v) is 3.37. The quantitative estimate of drug-likeness (QED) is 0.842. The van der Waals surface area contributed by atoms with Gasteiger partial charge in [-0.25, -0.2) is 4.98 Å². The van der Waals surface area contributed by atoms with Crippen molar-refractivity contribution in [1.29, 1.82) is 0 Å². The van der Waals surface area contributed by atoms with Crippen LogP contribution in [-0.4, -0.2) is 19.3 Å². The van der Waals surface area contributed by atoms with Gasteiger partial charge in [0.05, 0.1) is 24.8 Å². The molecule has 0 N–H and O–H groups in total. The average molecular weight is 274 g/mol. The summed E-state index contributed by atoms with van der Waals surface area (Å²) in [5, 5.41) is 4.24. The van der Waals surface area contributed by atoms with Crippen LogP contribution in [0.25, 0.3) is 0 Å². The van der Waals surface area contributed by atoms with E-state index in [1.165, 1.54) is 17.0 Å². The molecule has 0 bridgehead atoms. The molecule has 2 aromatic heterocycles. The molecule has 0 aliphatic heterocycles. The molecule has 0 radical (unpaired) electrons. The molecule has 0 unspecified atom stereocenters. The summed E-state index contributed by atoms with van der Waals surface area (Å²) in [6.45, 7) is 14.2. The maximum atomic E-state index is 4.69. The van der Waals surface area contributed by atoms with E-state index < -0.39 is 0 Å². The first kappa shape index (κ1) is 14.8. The standard InChI is InChI=1S/C16H26N4/c1-15(2,3)13-14(16(4,5)6)20(11-17-13)10-12-8-18-19(7)9-12/h8-9,11H,10H2,1-7H3. The van der Waals surface area contributed by atoms with Crippen molar-refractivity contribution in [3.63, 3.8) is 0 Å². The van der Waals surface area contributed by atoms with Crippen molar-refractivity contribution in [3.8, 4) is 0 Å². The molecule has 0 spiro atoms. The average Bonchev–Trinajstić information content (AvgIpc) is 2.83. The van der Waals surface area contributed by atoms with Crippen LogP contribution < -0.4 is 0 Å². The molecule has 4 nitrogen and oxygen atoms in total. The zero-order valence-electron chi connectivity index (χ0n) is 13.7. The highest BCUT2D eigenvalue weighted by atomic mass is 15.2. The van der Waals surface area contributed by atoms with Crippen molar-refractivity contribution in [3.05, 3.63) is 35.7 Å². The normalized spacial score (nSPS) is 12.9. The highest BCUT2D eigenvalue weighted by Gasteiger charge is 2.30. The van der Waals surface area contributed by atoms with Gasteiger partial charge < -0.3 is 4.57 Å². The molecule has 0 aliphatic rings. The Hall–Kier alpha value is -1.58. The van der Waals surface area contributed by atoms with Gasteiger partial charge in [-0.15, -0.1) is 0 Å². The van der Waals surface area contributed by atoms with E-state index in [0.29, 0.717) is 0 Å². The van der Waals surface area contributed by atoms with Crippen LogP contribution in [0.1, 0.15) is 58.5 Å². The van der Waals surface area contributed by atoms with Gasteiger partial charge in [0.2, 0.25) is 0 Å². The van der Waals surface area contributed by atoms with Crippen LogP contribution in [0.4, 0.5) is 0 Å². The van der Waals surface area contributed by atoms with Gasteiger partial charge in [0.15, 0.2) is 0 Å². The number of nitrogens with zero attached hydrogens (tertiary/aromatic N) is 4. The van der Waals surface area contributed by atoms with E-state index in [0.717, 1.165) is 6.54 Å². The number of imidazole rings is 1. The Bertz CT molecular complexity index is 591. The van der Waals surface area contributed by atoms with E-state index in [9.17, 15) is 0 Å². The van der Waals surface area contributed by atoms with Crippen molar-refractivity contribution >= 4 is 0 Å². The van der Waals surface area contributed by atoms with E-state index in [2.05, 4.69) is 57.4 Å². The van der Waals surface area contributed by atoms with Crippen molar-refractivity contribution < 1.29 is 0 Å². The topological polar surface area (TPSA) is 35.6 Å². The molecule has 0 fully saturated rings. The molecule has 4 heteroatoms. The first-order chi connectivity index (χ1) is 9.09. The molecule has 20 heavy (non-hydrogen) atoms. The Morgan fingerprint density at radius 1 is 1.05 bits per heavy atom. The van der Waals surface area contributed by atoms with Gasteiger partial charge in [0.25, 0.3) is 0 Å². The summed E-state index contributed by atoms with van der Waals surface area (Å²) in [5.41, 5.74) is 3.84. The maximum Gasteiger partial charge on any atom is 0.0955 e. The lowest BCUT2D eigenvalue weighted by atomic mass is 9.82. The molecule has 110 valence electrons. The Morgan fingerprint density at radius 2 is 1.70 bits per heavy atom. The first-order valence-corrected chi connectivity index (χ1v) is 7.12. The van der Waals surface area contributed by atoms with Gasteiger partial charge in [0.1, 0.15) is 0 Å². The number of hydrogen-bond acceptors (Lipinski definition) is 2. The third-order valence-electron chi connectivity index (χ3n) is 3.37. The fourth-order valence-electron chi connectivity index (χ4n) is 2.59. The van der Waals surface area contributed by atoms with Crippen LogP contribution in [0.5, 0.6) is 0 Å². The monoisotopic (exact) mass is 274 g/mol. The van der Waals surface area contributed by atoms with Crippen LogP contribution in [-0.2, 0) is 24.4 Å². The Labute approximate surface area is 121 Å². The van der Waals surface area contributed by atoms with Crippen LogP contribution in [0.3, 0.4) is 0 Å². The molecule has 0 aliphatic carbocycles. The van der Waals surface area contributed by atoms with Crippen LogP contribution >= 0.6 is 0 Å². The Morgan fingerprint density at radius 3 is 2.15 bits per heavy atom. The largest absolute Gasteiger partial charge is 0.329 e. The SMILES string of the molecule is Cn1cc(Cn2cnc(C(C)(C)C)c2C(C)(C)C)cn1. The maximum absolute atomic E-state index is 4.69. The second kappa shape index (κ2) is 4.76. The van der Waals surface area contributed by atoms with E-state index in [4.69, 9.17) is 4.98 Å². The van der Waals surface area contributed by atoms with Gasteiger partial charge in [-0.3, -0.25) is 4.68 Å². The molecule has 2 heterocycles. The molecule has 2 rings (SSSR count). The predicted molar refractivity (Wildman–Crippen MR) is 81.9 cm³/mol. The molecule has 0 amide bonds. The number of aryl methyl sites for hydroxylation is 1. The molecule has 0 saturated heterocycles. The van der Waals surface area contributed by atoms with Crippen LogP contribution in [0.15, 0.2) is 18.7 Å². The molecular formula is C16H26N4. The van der Waals surface area contributed by atoms with Gasteiger partial charge in [-0.1, -0.05) is 41.5 Å². The highest BCUT2D eigenvalue weighted by Crippen LogP contribution is 2.33. The number of aromatic nitrogens is 4. The van der Waals surface area contributed by atoms with E-state index in [1.807, 2.05) is 24.3 Å². The summed E-state index contributed by atoms with van der Waals surface area (Å²) < 4.78 is 4.10. The second-order valence-electron chi connectivity index (χ2n) is 7.59. The van der Waals surface area contributed by atoms with E-state index >= 15 is 0 Å². The highest BCUT2D eigenvalue weighted by molar-refractivity contribution is 5.28. The number of rotatable bonds is 2. The summed E-state index contributed by atoms with van der Waals surface area (Å²) in [5.74, 6) is 0. The minimum absolute atomic E-state index is 0.0583. The van der Waals surface area contributed by atoms with Crippen molar-refractivity contribution in [2.24, 2.45) is 7.05 Å². The second-order valence-corrected chi connectivity index (χ2v) is 7.59. The van der Waals surface area contributed by atoms with Gasteiger partial charge >= 0.3 is 0 Å². The van der Waals surface area contributed by atoms with Crippen molar-refractivity contribution in [2.75, 3.05) is 0 Å². The summed E-state index contributed by atoms with van der Waals surface area (Å²) >= 11 is 0. The summed E-state index contributed by atoms with van der Waals surface area (Å²) in [6, 6.07) is 0. The first-order valence-electron chi connectivity index (χ1n) is 7.12. The van der Waals surface area contributed by atoms with Crippen LogP contribution in [0.2, 0.25) is 0 Å². The molecule has 0 atom stereocenters. The molecule has 0 saturated carbocycles. The zero-order valence-corrected chi connectivity index (χ0v) is 13.7. The molecule has 2 aromatic rings. The van der Waals surface area contributed by atoms with Crippen LogP contribution in [0, 0.1) is 0 Å². The minimum atomic E-state index is 0.0583. The zero-order chi connectivity index (χ0) is 15.1. The number of hydrogen-bond donors (Lipinski definition) is 0. The fraction of sp³-hybridized carbons (Fsp3) is 0.625. The third kappa shape index (κ3) is 2.94. The lowest BCUT2D eigenvalue weighted by Crippen LogP contribution is -2.25. The lowest BCUT2D eigenvalue weighted by molar-refractivity contribution is 0.489. The molecular weight excluding hydrogens is 248 g/mol. The Balaban J connectivity index is 2.46.